The molecule has 0 amide bonds. The minimum Gasteiger partial charge on any atom is -0.507 e. The lowest BCUT2D eigenvalue weighted by Gasteiger charge is -2.08. The quantitative estimate of drug-likeness (QED) is 0.256. The van der Waals surface area contributed by atoms with E-state index in [1.165, 1.54) is 69.9 Å². The third kappa shape index (κ3) is 6.14. The van der Waals surface area contributed by atoms with Gasteiger partial charge >= 0.3 is 0 Å². The molecule has 0 radical (unpaired) electrons. The van der Waals surface area contributed by atoms with Gasteiger partial charge in [-0.05, 0) is 48.5 Å². The van der Waals surface area contributed by atoms with Crippen molar-refractivity contribution >= 4 is 11.6 Å². The predicted octanol–water partition coefficient (Wildman–Crippen LogP) is 4.68. The van der Waals surface area contributed by atoms with Crippen LogP contribution in [0.4, 0.5) is 0 Å². The first-order valence-corrected chi connectivity index (χ1v) is 11.2. The Bertz CT molecular complexity index is 1410. The van der Waals surface area contributed by atoms with Gasteiger partial charge in [-0.15, -0.1) is 0 Å². The fourth-order valence-corrected chi connectivity index (χ4v) is 3.45. The molecule has 0 heterocycles. The molecule has 0 aromatic heterocycles. The van der Waals surface area contributed by atoms with Gasteiger partial charge in [0.25, 0.3) is 0 Å². The summed E-state index contributed by atoms with van der Waals surface area (Å²) in [6.07, 6.45) is 0. The van der Waals surface area contributed by atoms with Crippen LogP contribution in [0.5, 0.6) is 40.2 Å². The van der Waals surface area contributed by atoms with Gasteiger partial charge in [0.05, 0.1) is 43.6 Å². The fourth-order valence-electron chi connectivity index (χ4n) is 3.45. The summed E-state index contributed by atoms with van der Waals surface area (Å²) < 4.78 is 14.8. The summed E-state index contributed by atoms with van der Waals surface area (Å²) in [7, 11) is 4.40. The van der Waals surface area contributed by atoms with Crippen LogP contribution < -0.4 is 14.2 Å². The summed E-state index contributed by atoms with van der Waals surface area (Å²) in [4.78, 5) is 24.4. The van der Waals surface area contributed by atoms with Gasteiger partial charge in [-0.3, -0.25) is 9.59 Å². The number of hydrogen-bond donors (Lipinski definition) is 4. The van der Waals surface area contributed by atoms with Crippen LogP contribution in [0, 0.1) is 0 Å². The highest BCUT2D eigenvalue weighted by molar-refractivity contribution is 6.13. The number of methoxy groups -OCH3 is 3. The lowest BCUT2D eigenvalue weighted by molar-refractivity contribution is 0.102. The van der Waals surface area contributed by atoms with E-state index in [4.69, 9.17) is 14.2 Å². The highest BCUT2D eigenvalue weighted by atomic mass is 16.5. The topological polar surface area (TPSA) is 143 Å². The molecule has 38 heavy (non-hydrogen) atoms. The molecule has 0 atom stereocenters. The van der Waals surface area contributed by atoms with E-state index in [9.17, 15) is 30.0 Å². The van der Waals surface area contributed by atoms with Crippen molar-refractivity contribution in [3.05, 3.63) is 101 Å². The number of phenolic OH excluding ortho intramolecular Hbond substituents is 4. The maximum atomic E-state index is 12.3. The molecule has 0 unspecified atom stereocenters. The summed E-state index contributed by atoms with van der Waals surface area (Å²) in [5, 5.41) is 39.0. The number of ketones is 2. The highest BCUT2D eigenvalue weighted by Crippen LogP contribution is 2.31. The molecule has 4 aromatic carbocycles. The molecular weight excluding hydrogens is 492 g/mol. The Morgan fingerprint density at radius 3 is 1.08 bits per heavy atom. The molecule has 9 nitrogen and oxygen atoms in total. The molecule has 0 aliphatic heterocycles. The Morgan fingerprint density at radius 2 is 0.789 bits per heavy atom. The van der Waals surface area contributed by atoms with Crippen molar-refractivity contribution in [2.45, 2.75) is 0 Å². The summed E-state index contributed by atoms with van der Waals surface area (Å²) >= 11 is 0. The summed E-state index contributed by atoms with van der Waals surface area (Å²) in [6.45, 7) is 0. The van der Waals surface area contributed by atoms with E-state index in [1.807, 2.05) is 0 Å². The van der Waals surface area contributed by atoms with Crippen LogP contribution in [0.3, 0.4) is 0 Å². The first kappa shape index (κ1) is 27.4. The number of para-hydroxylation sites is 1. The Labute approximate surface area is 218 Å². The van der Waals surface area contributed by atoms with Crippen molar-refractivity contribution in [1.29, 1.82) is 0 Å². The number of benzene rings is 4. The Kier molecular flexibility index (Phi) is 8.78. The molecule has 0 bridgehead atoms. The van der Waals surface area contributed by atoms with Crippen molar-refractivity contribution in [2.75, 3.05) is 21.3 Å². The largest absolute Gasteiger partial charge is 0.507 e. The summed E-state index contributed by atoms with van der Waals surface area (Å²) in [5.41, 5.74) is 0.452. The SMILES string of the molecule is COc1ccc(C(=O)c2ccc(OC)cc2O)c(O)c1.COc1ccc(C(=O)c2ccccc2O)c(O)c1. The zero-order chi connectivity index (χ0) is 27.8. The van der Waals surface area contributed by atoms with E-state index in [-0.39, 0.29) is 45.3 Å². The van der Waals surface area contributed by atoms with Crippen LogP contribution in [-0.4, -0.2) is 53.3 Å². The van der Waals surface area contributed by atoms with Gasteiger partial charge in [0, 0.05) is 18.2 Å². The summed E-state index contributed by atoms with van der Waals surface area (Å²) in [5.74, 6) is -0.273. The van der Waals surface area contributed by atoms with Gasteiger partial charge in [0.2, 0.25) is 0 Å². The van der Waals surface area contributed by atoms with Gasteiger partial charge in [-0.2, -0.15) is 0 Å². The third-order valence-electron chi connectivity index (χ3n) is 5.50. The molecular formula is C29H26O9. The Hall–Kier alpha value is -5.18. The molecule has 0 spiro atoms. The van der Waals surface area contributed by atoms with Gasteiger partial charge in [-0.1, -0.05) is 12.1 Å². The average molecular weight is 519 g/mol. The second-order valence-corrected chi connectivity index (χ2v) is 7.82. The zero-order valence-corrected chi connectivity index (χ0v) is 20.8. The summed E-state index contributed by atoms with van der Waals surface area (Å²) in [6, 6.07) is 19.3. The van der Waals surface area contributed by atoms with Crippen molar-refractivity contribution in [2.24, 2.45) is 0 Å². The normalized spacial score (nSPS) is 10.1. The molecule has 0 saturated carbocycles. The predicted molar refractivity (Wildman–Crippen MR) is 139 cm³/mol. The maximum absolute atomic E-state index is 12.3. The molecule has 0 aliphatic rings. The van der Waals surface area contributed by atoms with Gasteiger partial charge < -0.3 is 34.6 Å². The minimum absolute atomic E-state index is 0.0891. The number of ether oxygens (including phenoxy) is 3. The second kappa shape index (κ2) is 12.2. The minimum atomic E-state index is -0.481. The molecule has 4 aromatic rings. The first-order chi connectivity index (χ1) is 18.2. The number of carbonyl (C=O) groups is 2. The molecule has 9 heteroatoms. The van der Waals surface area contributed by atoms with Crippen LogP contribution in [0.25, 0.3) is 0 Å². The number of phenols is 4. The van der Waals surface area contributed by atoms with Crippen LogP contribution >= 0.6 is 0 Å². The van der Waals surface area contributed by atoms with Crippen molar-refractivity contribution < 1.29 is 44.2 Å². The molecule has 0 aliphatic carbocycles. The number of hydrogen-bond acceptors (Lipinski definition) is 9. The maximum Gasteiger partial charge on any atom is 0.200 e. The number of rotatable bonds is 7. The molecule has 0 saturated heterocycles. The van der Waals surface area contributed by atoms with Gasteiger partial charge in [0.1, 0.15) is 40.2 Å². The Balaban J connectivity index is 0.000000212. The lowest BCUT2D eigenvalue weighted by Crippen LogP contribution is -2.02. The first-order valence-electron chi connectivity index (χ1n) is 11.2. The monoisotopic (exact) mass is 518 g/mol. The molecule has 196 valence electrons. The highest BCUT2D eigenvalue weighted by Gasteiger charge is 2.18. The zero-order valence-electron chi connectivity index (χ0n) is 20.8. The van der Waals surface area contributed by atoms with Gasteiger partial charge in [-0.25, -0.2) is 0 Å². The van der Waals surface area contributed by atoms with Crippen LogP contribution in [-0.2, 0) is 0 Å². The standard InChI is InChI=1S/C15H14O5.C14H12O4/c1-19-9-3-5-11(13(16)7-9)15(18)12-6-4-10(20-2)8-14(12)17;1-18-9-6-7-11(13(16)8-9)14(17)10-4-2-3-5-12(10)15/h3-8,16-17H,1-2H3;2-8,15-16H,1H3. The van der Waals surface area contributed by atoms with Crippen LogP contribution in [0.2, 0.25) is 0 Å². The van der Waals surface area contributed by atoms with E-state index < -0.39 is 11.6 Å². The second-order valence-electron chi connectivity index (χ2n) is 7.82. The fraction of sp³-hybridized carbons (Fsp3) is 0.103. The molecule has 4 rings (SSSR count). The average Bonchev–Trinajstić information content (AvgIpc) is 2.92. The van der Waals surface area contributed by atoms with E-state index in [0.29, 0.717) is 17.2 Å². The van der Waals surface area contributed by atoms with Crippen molar-refractivity contribution in [3.8, 4) is 40.2 Å². The van der Waals surface area contributed by atoms with Crippen LogP contribution in [0.1, 0.15) is 31.8 Å². The van der Waals surface area contributed by atoms with Crippen molar-refractivity contribution in [1.82, 2.24) is 0 Å². The number of carbonyl (C=O) groups excluding carboxylic acids is 2. The third-order valence-corrected chi connectivity index (χ3v) is 5.50. The van der Waals surface area contributed by atoms with Crippen molar-refractivity contribution in [3.63, 3.8) is 0 Å². The van der Waals surface area contributed by atoms with E-state index >= 15 is 0 Å². The van der Waals surface area contributed by atoms with Crippen LogP contribution in [0.15, 0.2) is 78.9 Å². The van der Waals surface area contributed by atoms with E-state index in [1.54, 1.807) is 30.3 Å². The molecule has 4 N–H and O–H groups in total. The smallest absolute Gasteiger partial charge is 0.200 e. The van der Waals surface area contributed by atoms with E-state index in [2.05, 4.69) is 0 Å². The Morgan fingerprint density at radius 1 is 0.474 bits per heavy atom. The molecule has 0 fully saturated rings. The van der Waals surface area contributed by atoms with Gasteiger partial charge in [0.15, 0.2) is 11.6 Å². The number of aromatic hydroxyl groups is 4. The van der Waals surface area contributed by atoms with E-state index in [0.717, 1.165) is 0 Å². The lowest BCUT2D eigenvalue weighted by atomic mass is 10.0.